The number of nitrogens with two attached hydrogens (primary N) is 1. The van der Waals surface area contributed by atoms with Gasteiger partial charge in [0.1, 0.15) is 5.82 Å². The molecular weight excluding hydrogens is 283 g/mol. The summed E-state index contributed by atoms with van der Waals surface area (Å²) >= 11 is 1.61. The topological polar surface area (TPSA) is 38.0 Å². The van der Waals surface area contributed by atoms with Crippen molar-refractivity contribution >= 4 is 11.8 Å². The quantitative estimate of drug-likeness (QED) is 0.486. The molecule has 2 aromatic rings. The lowest BCUT2D eigenvalue weighted by Crippen LogP contribution is -2.38. The molecule has 4 heteroatoms. The second-order valence-corrected chi connectivity index (χ2v) is 6.36. The fraction of sp³-hybridized carbons (Fsp3) is 0.294. The van der Waals surface area contributed by atoms with E-state index < -0.39 is 0 Å². The predicted octanol–water partition coefficient (Wildman–Crippen LogP) is 3.61. The van der Waals surface area contributed by atoms with E-state index in [2.05, 4.69) is 37.5 Å². The minimum atomic E-state index is -0.202. The molecule has 21 heavy (non-hydrogen) atoms. The fourth-order valence-corrected chi connectivity index (χ4v) is 3.18. The molecule has 0 spiro atoms. The van der Waals surface area contributed by atoms with Gasteiger partial charge in [-0.25, -0.2) is 4.39 Å². The summed E-state index contributed by atoms with van der Waals surface area (Å²) < 4.78 is 13.2. The molecule has 0 saturated heterocycles. The van der Waals surface area contributed by atoms with E-state index in [9.17, 15) is 4.39 Å². The minimum absolute atomic E-state index is 0.152. The van der Waals surface area contributed by atoms with Crippen LogP contribution in [0.15, 0.2) is 47.4 Å². The second kappa shape index (κ2) is 7.59. The van der Waals surface area contributed by atoms with Gasteiger partial charge < -0.3 is 0 Å². The summed E-state index contributed by atoms with van der Waals surface area (Å²) in [5, 5.41) is 0. The first-order valence-electron chi connectivity index (χ1n) is 6.99. The number of thioether (sulfide) groups is 1. The smallest absolute Gasteiger partial charge is 0.124 e. The summed E-state index contributed by atoms with van der Waals surface area (Å²) in [4.78, 5) is 0.927. The maximum atomic E-state index is 13.2. The minimum Gasteiger partial charge on any atom is -0.271 e. The molecule has 0 fully saturated rings. The number of hydrogen-bond acceptors (Lipinski definition) is 3. The number of benzene rings is 2. The summed E-state index contributed by atoms with van der Waals surface area (Å²) in [6.45, 7) is 4.21. The van der Waals surface area contributed by atoms with Crippen molar-refractivity contribution in [3.63, 3.8) is 0 Å². The Kier molecular flexibility index (Phi) is 5.79. The molecule has 0 bridgehead atoms. The molecule has 1 unspecified atom stereocenters. The fourth-order valence-electron chi connectivity index (χ4n) is 2.21. The number of aryl methyl sites for hydroxylation is 2. The van der Waals surface area contributed by atoms with Gasteiger partial charge in [0.15, 0.2) is 0 Å². The molecule has 1 atom stereocenters. The summed E-state index contributed by atoms with van der Waals surface area (Å²) in [6.07, 6.45) is 0.867. The van der Waals surface area contributed by atoms with Gasteiger partial charge in [-0.1, -0.05) is 29.8 Å². The molecule has 2 aromatic carbocycles. The first kappa shape index (κ1) is 16.0. The molecule has 0 amide bonds. The van der Waals surface area contributed by atoms with Gasteiger partial charge >= 0.3 is 0 Å². The van der Waals surface area contributed by atoms with E-state index in [1.165, 1.54) is 22.8 Å². The molecule has 0 heterocycles. The number of nitrogens with one attached hydrogen (secondary N) is 1. The maximum absolute atomic E-state index is 13.2. The molecule has 2 rings (SSSR count). The van der Waals surface area contributed by atoms with E-state index in [4.69, 9.17) is 5.84 Å². The van der Waals surface area contributed by atoms with Crippen LogP contribution in [0.4, 0.5) is 4.39 Å². The van der Waals surface area contributed by atoms with Crippen molar-refractivity contribution in [1.82, 2.24) is 5.43 Å². The normalized spacial score (nSPS) is 12.4. The zero-order valence-electron chi connectivity index (χ0n) is 12.4. The third-order valence-electron chi connectivity index (χ3n) is 3.45. The van der Waals surface area contributed by atoms with Crippen LogP contribution in [-0.2, 0) is 6.42 Å². The highest BCUT2D eigenvalue weighted by molar-refractivity contribution is 7.99. The maximum Gasteiger partial charge on any atom is 0.124 e. The van der Waals surface area contributed by atoms with Gasteiger partial charge in [-0.05, 0) is 49.6 Å². The average molecular weight is 304 g/mol. The van der Waals surface area contributed by atoms with Crippen molar-refractivity contribution < 1.29 is 4.39 Å². The largest absolute Gasteiger partial charge is 0.271 e. The summed E-state index contributed by atoms with van der Waals surface area (Å²) in [7, 11) is 0. The molecule has 3 N–H and O–H groups in total. The third-order valence-corrected chi connectivity index (χ3v) is 4.61. The van der Waals surface area contributed by atoms with E-state index in [-0.39, 0.29) is 11.9 Å². The van der Waals surface area contributed by atoms with Gasteiger partial charge in [-0.3, -0.25) is 11.3 Å². The van der Waals surface area contributed by atoms with Crippen LogP contribution in [0.25, 0.3) is 0 Å². The van der Waals surface area contributed by atoms with Gasteiger partial charge in [-0.2, -0.15) is 0 Å². The van der Waals surface area contributed by atoms with Gasteiger partial charge in [0.25, 0.3) is 0 Å². The Hall–Kier alpha value is -1.36. The van der Waals surface area contributed by atoms with Crippen molar-refractivity contribution in [3.8, 4) is 0 Å². The summed E-state index contributed by atoms with van der Waals surface area (Å²) in [5.74, 6) is 6.26. The Morgan fingerprint density at radius 2 is 2.00 bits per heavy atom. The van der Waals surface area contributed by atoms with Crippen molar-refractivity contribution in [1.29, 1.82) is 0 Å². The lowest BCUT2D eigenvalue weighted by atomic mass is 10.00. The van der Waals surface area contributed by atoms with Gasteiger partial charge in [-0.15, -0.1) is 11.8 Å². The summed E-state index contributed by atoms with van der Waals surface area (Å²) in [5.41, 5.74) is 6.70. The highest BCUT2D eigenvalue weighted by atomic mass is 32.2. The van der Waals surface area contributed by atoms with Crippen molar-refractivity contribution in [2.45, 2.75) is 31.2 Å². The molecule has 0 aliphatic heterocycles. The molecule has 0 aromatic heterocycles. The molecule has 0 aliphatic rings. The van der Waals surface area contributed by atoms with E-state index >= 15 is 0 Å². The van der Waals surface area contributed by atoms with Crippen LogP contribution in [0.5, 0.6) is 0 Å². The van der Waals surface area contributed by atoms with Crippen LogP contribution in [-0.4, -0.2) is 11.8 Å². The molecular formula is C17H21FN2S. The van der Waals surface area contributed by atoms with E-state index in [0.717, 1.165) is 17.1 Å². The zero-order valence-corrected chi connectivity index (χ0v) is 13.2. The Bertz CT molecular complexity index is 601. The SMILES string of the molecule is Cc1ccc(C)c(CC(CSc2cccc(F)c2)NN)c1. The Labute approximate surface area is 129 Å². The number of halogens is 1. The van der Waals surface area contributed by atoms with Crippen LogP contribution in [0.3, 0.4) is 0 Å². The summed E-state index contributed by atoms with van der Waals surface area (Å²) in [6, 6.07) is 13.3. The number of rotatable bonds is 6. The Morgan fingerprint density at radius 3 is 2.71 bits per heavy atom. The zero-order chi connectivity index (χ0) is 15.2. The lowest BCUT2D eigenvalue weighted by Gasteiger charge is -2.17. The van der Waals surface area contributed by atoms with Crippen LogP contribution < -0.4 is 11.3 Å². The lowest BCUT2D eigenvalue weighted by molar-refractivity contribution is 0.574. The molecule has 112 valence electrons. The highest BCUT2D eigenvalue weighted by Crippen LogP contribution is 2.21. The van der Waals surface area contributed by atoms with Gasteiger partial charge in [0.2, 0.25) is 0 Å². The molecule has 0 saturated carbocycles. The molecule has 0 aliphatic carbocycles. The molecule has 0 radical (unpaired) electrons. The van der Waals surface area contributed by atoms with Crippen molar-refractivity contribution in [3.05, 3.63) is 65.0 Å². The number of hydrogen-bond donors (Lipinski definition) is 2. The van der Waals surface area contributed by atoms with E-state index in [1.807, 2.05) is 6.07 Å². The van der Waals surface area contributed by atoms with Crippen LogP contribution in [0.2, 0.25) is 0 Å². The van der Waals surface area contributed by atoms with Gasteiger partial charge in [0, 0.05) is 16.7 Å². The van der Waals surface area contributed by atoms with Crippen LogP contribution in [0, 0.1) is 19.7 Å². The monoisotopic (exact) mass is 304 g/mol. The first-order chi connectivity index (χ1) is 10.1. The van der Waals surface area contributed by atoms with Crippen LogP contribution in [0.1, 0.15) is 16.7 Å². The average Bonchev–Trinajstić information content (AvgIpc) is 2.47. The van der Waals surface area contributed by atoms with Crippen molar-refractivity contribution in [2.24, 2.45) is 5.84 Å². The molecule has 2 nitrogen and oxygen atoms in total. The van der Waals surface area contributed by atoms with Crippen LogP contribution >= 0.6 is 11.8 Å². The Balaban J connectivity index is 1.98. The third kappa shape index (κ3) is 4.84. The predicted molar refractivity (Wildman–Crippen MR) is 87.9 cm³/mol. The second-order valence-electron chi connectivity index (χ2n) is 5.27. The van der Waals surface area contributed by atoms with Gasteiger partial charge in [0.05, 0.1) is 0 Å². The van der Waals surface area contributed by atoms with E-state index in [1.54, 1.807) is 23.9 Å². The van der Waals surface area contributed by atoms with E-state index in [0.29, 0.717) is 0 Å². The Morgan fingerprint density at radius 1 is 1.19 bits per heavy atom. The number of hydrazine groups is 1. The highest BCUT2D eigenvalue weighted by Gasteiger charge is 2.10. The first-order valence-corrected chi connectivity index (χ1v) is 7.97. The standard InChI is InChI=1S/C17H21FN2S/c1-12-6-7-13(2)14(8-12)9-16(20-19)11-21-17-5-3-4-15(18)10-17/h3-8,10,16,20H,9,11,19H2,1-2H3. The van der Waals surface area contributed by atoms with Crippen molar-refractivity contribution in [2.75, 3.05) is 5.75 Å².